The number of benzene rings is 1. The maximum Gasteiger partial charge on any atom is 0.490 e. The van der Waals surface area contributed by atoms with Crippen molar-refractivity contribution in [2.24, 2.45) is 11.8 Å². The summed E-state index contributed by atoms with van der Waals surface area (Å²) in [5.74, 6) is -4.81. The lowest BCUT2D eigenvalue weighted by Crippen LogP contribution is -2.58. The lowest BCUT2D eigenvalue weighted by Gasteiger charge is -2.47. The van der Waals surface area contributed by atoms with Gasteiger partial charge in [-0.25, -0.2) is 14.4 Å². The second-order valence-electron chi connectivity index (χ2n) is 11.2. The number of piperidine rings is 1. The van der Waals surface area contributed by atoms with Crippen molar-refractivity contribution in [1.82, 2.24) is 25.0 Å². The van der Waals surface area contributed by atoms with Crippen LogP contribution in [0.15, 0.2) is 54.9 Å². The standard InChI is InChI=1S/C26H33N5O2.2C2HF3O2/c1-2-31-24(32)22-18-29(17-21-9-6-12-27-15-21)19-23(22)26(31)10-13-30(14-11-26)25(33)28-16-20-7-4-3-5-8-20;2*3-2(4,5)1(6)7/h3-9,12,15,22-23H,2,10-11,13-14,16-19H2,1H3,(H,28,33);2*(H,6,7)/t22-,23+;;/m0../s1. The van der Waals surface area contributed by atoms with Crippen LogP contribution in [0.2, 0.25) is 0 Å². The fourth-order valence-electron chi connectivity index (χ4n) is 6.27. The zero-order chi connectivity index (χ0) is 35.0. The number of fused-ring (bicyclic) bond motifs is 2. The summed E-state index contributed by atoms with van der Waals surface area (Å²) in [5.41, 5.74) is 2.16. The molecule has 3 aliphatic rings. The molecule has 0 unspecified atom stereocenters. The number of urea groups is 1. The third kappa shape index (κ3) is 9.56. The molecule has 47 heavy (non-hydrogen) atoms. The van der Waals surface area contributed by atoms with Crippen LogP contribution in [-0.4, -0.2) is 104 Å². The summed E-state index contributed by atoms with van der Waals surface area (Å²) in [6.07, 6.45) is -4.75. The van der Waals surface area contributed by atoms with E-state index in [0.29, 0.717) is 31.5 Å². The molecule has 0 saturated carbocycles. The van der Waals surface area contributed by atoms with Crippen molar-refractivity contribution in [2.45, 2.75) is 50.7 Å². The zero-order valence-electron chi connectivity index (χ0n) is 25.3. The lowest BCUT2D eigenvalue weighted by atomic mass is 9.75. The molecule has 1 aromatic heterocycles. The number of aromatic nitrogens is 1. The second kappa shape index (κ2) is 15.5. The van der Waals surface area contributed by atoms with Crippen molar-refractivity contribution in [3.8, 4) is 0 Å². The molecule has 3 N–H and O–H groups in total. The van der Waals surface area contributed by atoms with Crippen molar-refractivity contribution >= 4 is 23.9 Å². The molecule has 17 heteroatoms. The van der Waals surface area contributed by atoms with Gasteiger partial charge in [0.2, 0.25) is 5.91 Å². The molecule has 3 saturated heterocycles. The Kier molecular flexibility index (Phi) is 12.2. The van der Waals surface area contributed by atoms with Crippen LogP contribution in [0.1, 0.15) is 30.9 Å². The van der Waals surface area contributed by atoms with Gasteiger partial charge in [-0.2, -0.15) is 26.3 Å². The Morgan fingerprint density at radius 2 is 1.47 bits per heavy atom. The minimum Gasteiger partial charge on any atom is -0.475 e. The molecule has 1 aromatic carbocycles. The third-order valence-corrected chi connectivity index (χ3v) is 8.34. The number of alkyl halides is 6. The molecule has 258 valence electrons. The van der Waals surface area contributed by atoms with Gasteiger partial charge in [-0.05, 0) is 37.0 Å². The first kappa shape index (κ1) is 37.1. The molecule has 2 aromatic rings. The normalized spacial score (nSPS) is 20.4. The van der Waals surface area contributed by atoms with Crippen molar-refractivity contribution in [2.75, 3.05) is 32.7 Å². The molecule has 4 heterocycles. The van der Waals surface area contributed by atoms with E-state index in [2.05, 4.69) is 33.1 Å². The topological polar surface area (TPSA) is 143 Å². The number of likely N-dealkylation sites (tertiary alicyclic amines) is 3. The summed E-state index contributed by atoms with van der Waals surface area (Å²) in [4.78, 5) is 54.7. The van der Waals surface area contributed by atoms with Gasteiger partial charge < -0.3 is 25.3 Å². The molecule has 0 bridgehead atoms. The zero-order valence-corrected chi connectivity index (χ0v) is 25.3. The van der Waals surface area contributed by atoms with Gasteiger partial charge in [0.05, 0.1) is 11.5 Å². The molecule has 0 radical (unpaired) electrons. The predicted molar refractivity (Wildman–Crippen MR) is 153 cm³/mol. The maximum atomic E-state index is 13.4. The molecule has 0 aliphatic carbocycles. The van der Waals surface area contributed by atoms with Crippen molar-refractivity contribution in [3.63, 3.8) is 0 Å². The Bertz CT molecular complexity index is 1350. The molecule has 1 spiro atoms. The first-order valence-corrected chi connectivity index (χ1v) is 14.6. The highest BCUT2D eigenvalue weighted by molar-refractivity contribution is 5.84. The highest BCUT2D eigenvalue weighted by atomic mass is 19.4. The molecule has 3 fully saturated rings. The second-order valence-corrected chi connectivity index (χ2v) is 11.2. The lowest BCUT2D eigenvalue weighted by molar-refractivity contribution is -0.193. The van der Waals surface area contributed by atoms with Gasteiger partial charge in [-0.1, -0.05) is 36.4 Å². The van der Waals surface area contributed by atoms with Gasteiger partial charge >= 0.3 is 30.3 Å². The van der Waals surface area contributed by atoms with E-state index in [-0.39, 0.29) is 17.5 Å². The van der Waals surface area contributed by atoms with E-state index in [1.54, 1.807) is 6.20 Å². The Morgan fingerprint density at radius 1 is 0.915 bits per heavy atom. The van der Waals surface area contributed by atoms with Crippen LogP contribution in [0.4, 0.5) is 31.1 Å². The number of aliphatic carboxylic acids is 2. The number of halogens is 6. The summed E-state index contributed by atoms with van der Waals surface area (Å²) < 4.78 is 63.5. The number of carbonyl (C=O) groups is 4. The minimum atomic E-state index is -5.08. The van der Waals surface area contributed by atoms with Crippen LogP contribution in [0.5, 0.6) is 0 Å². The van der Waals surface area contributed by atoms with Gasteiger partial charge in [-0.15, -0.1) is 0 Å². The largest absolute Gasteiger partial charge is 0.490 e. The summed E-state index contributed by atoms with van der Waals surface area (Å²) in [5, 5.41) is 17.3. The highest BCUT2D eigenvalue weighted by Gasteiger charge is 2.61. The van der Waals surface area contributed by atoms with E-state index in [4.69, 9.17) is 19.8 Å². The molecular weight excluding hydrogens is 640 g/mol. The first-order chi connectivity index (χ1) is 22.0. The summed E-state index contributed by atoms with van der Waals surface area (Å²) in [6, 6.07) is 14.0. The number of carboxylic acid groups (broad SMARTS) is 2. The van der Waals surface area contributed by atoms with Crippen molar-refractivity contribution in [1.29, 1.82) is 0 Å². The van der Waals surface area contributed by atoms with E-state index in [1.807, 2.05) is 47.5 Å². The van der Waals surface area contributed by atoms with Crippen LogP contribution in [0, 0.1) is 11.8 Å². The molecule has 5 rings (SSSR count). The van der Waals surface area contributed by atoms with E-state index in [0.717, 1.165) is 44.6 Å². The number of pyridine rings is 1. The van der Waals surface area contributed by atoms with Crippen LogP contribution in [0.25, 0.3) is 0 Å². The molecule has 11 nitrogen and oxygen atoms in total. The quantitative estimate of drug-likeness (QED) is 0.404. The minimum absolute atomic E-state index is 0.0118. The maximum absolute atomic E-state index is 13.4. The first-order valence-electron chi connectivity index (χ1n) is 14.6. The van der Waals surface area contributed by atoms with Gasteiger partial charge in [-0.3, -0.25) is 14.7 Å². The molecule has 3 aliphatic heterocycles. The number of nitrogens with one attached hydrogen (secondary N) is 1. The van der Waals surface area contributed by atoms with Gasteiger partial charge in [0.25, 0.3) is 0 Å². The predicted octanol–water partition coefficient (Wildman–Crippen LogP) is 4.00. The number of carbonyl (C=O) groups excluding carboxylic acids is 2. The summed E-state index contributed by atoms with van der Waals surface area (Å²) >= 11 is 0. The Morgan fingerprint density at radius 3 is 1.96 bits per heavy atom. The number of rotatable bonds is 5. The smallest absolute Gasteiger partial charge is 0.475 e. The van der Waals surface area contributed by atoms with Crippen molar-refractivity contribution in [3.05, 3.63) is 66.0 Å². The van der Waals surface area contributed by atoms with E-state index in [1.165, 1.54) is 5.56 Å². The fraction of sp³-hybridized carbons (Fsp3) is 0.500. The van der Waals surface area contributed by atoms with Crippen LogP contribution < -0.4 is 5.32 Å². The third-order valence-electron chi connectivity index (χ3n) is 8.34. The van der Waals surface area contributed by atoms with Gasteiger partial charge in [0.15, 0.2) is 0 Å². The Balaban J connectivity index is 0.000000360. The number of amides is 3. The number of nitrogens with zero attached hydrogens (tertiary/aromatic N) is 4. The van der Waals surface area contributed by atoms with E-state index >= 15 is 0 Å². The number of carboxylic acids is 2. The summed E-state index contributed by atoms with van der Waals surface area (Å²) in [7, 11) is 0. The number of hydrogen-bond donors (Lipinski definition) is 3. The van der Waals surface area contributed by atoms with Gasteiger partial charge in [0.1, 0.15) is 0 Å². The SMILES string of the molecule is CCN1C(=O)[C@H]2CN(Cc3cccnc3)C[C@H]2C12CCN(C(=O)NCc1ccccc1)CC2.O=C(O)C(F)(F)F.O=C(O)C(F)(F)F. The van der Waals surface area contributed by atoms with E-state index < -0.39 is 24.3 Å². The van der Waals surface area contributed by atoms with Crippen LogP contribution in [-0.2, 0) is 27.5 Å². The average molecular weight is 676 g/mol. The average Bonchev–Trinajstić information content (AvgIpc) is 3.53. The number of hydrogen-bond acceptors (Lipinski definition) is 6. The van der Waals surface area contributed by atoms with E-state index in [9.17, 15) is 35.9 Å². The Hall–Kier alpha value is -4.41. The van der Waals surface area contributed by atoms with Crippen molar-refractivity contribution < 1.29 is 55.7 Å². The van der Waals surface area contributed by atoms with Crippen LogP contribution in [0.3, 0.4) is 0 Å². The summed E-state index contributed by atoms with van der Waals surface area (Å²) in [6.45, 7) is 7.34. The van der Waals surface area contributed by atoms with Crippen LogP contribution >= 0.6 is 0 Å². The molecular formula is C30H35F6N5O6. The highest BCUT2D eigenvalue weighted by Crippen LogP contribution is 2.49. The Labute approximate surface area is 266 Å². The van der Waals surface area contributed by atoms with Gasteiger partial charge in [0, 0.05) is 64.1 Å². The fourth-order valence-corrected chi connectivity index (χ4v) is 6.27. The molecule has 3 amide bonds. The molecule has 2 atom stereocenters. The monoisotopic (exact) mass is 675 g/mol.